The van der Waals surface area contributed by atoms with E-state index in [1.807, 2.05) is 11.5 Å². The lowest BCUT2D eigenvalue weighted by atomic mass is 10.1. The van der Waals surface area contributed by atoms with Crippen LogP contribution in [0.15, 0.2) is 54.0 Å². The highest BCUT2D eigenvalue weighted by atomic mass is 35.5. The fourth-order valence-corrected chi connectivity index (χ4v) is 4.91. The standard InChI is InChI=1S/C29H31ClFN5O5/c1-3-23(29(37)38)33-28-18(2)32-25(36(28)16-21-11-14-39-21)17-35-12-9-20(10-13-35)40-26-5-4-6-27(34-26)41-24-8-7-19(30)15-22(24)31/h3-8,15,20-21H,1,9-14,16-17H2,2H3,(H,37,38)/b33-23+/t21-/m0/s1. The van der Waals surface area contributed by atoms with Crippen LogP contribution in [0.3, 0.4) is 0 Å². The first kappa shape index (κ1) is 28.7. The van der Waals surface area contributed by atoms with Gasteiger partial charge in [0.25, 0.3) is 0 Å². The topological polar surface area (TPSA) is 111 Å². The first-order valence-corrected chi connectivity index (χ1v) is 13.8. The summed E-state index contributed by atoms with van der Waals surface area (Å²) in [5.41, 5.74) is 0.527. The van der Waals surface area contributed by atoms with Crippen LogP contribution in [0.1, 0.15) is 30.8 Å². The normalized spacial score (nSPS) is 18.1. The van der Waals surface area contributed by atoms with E-state index < -0.39 is 11.8 Å². The van der Waals surface area contributed by atoms with Gasteiger partial charge in [0.2, 0.25) is 11.8 Å². The second-order valence-electron chi connectivity index (χ2n) is 9.92. The monoisotopic (exact) mass is 583 g/mol. The number of imidazole rings is 1. The average molecular weight is 584 g/mol. The van der Waals surface area contributed by atoms with Crippen molar-refractivity contribution in [1.29, 1.82) is 0 Å². The van der Waals surface area contributed by atoms with Crippen LogP contribution in [0, 0.1) is 12.7 Å². The molecule has 3 aromatic rings. The summed E-state index contributed by atoms with van der Waals surface area (Å²) in [5.74, 6) is 0.266. The van der Waals surface area contributed by atoms with Crippen LogP contribution in [-0.2, 0) is 22.6 Å². The van der Waals surface area contributed by atoms with E-state index in [4.69, 9.17) is 30.8 Å². The summed E-state index contributed by atoms with van der Waals surface area (Å²) < 4.78 is 33.4. The number of carboxylic acids is 1. The van der Waals surface area contributed by atoms with Gasteiger partial charge < -0.3 is 23.9 Å². The highest BCUT2D eigenvalue weighted by Crippen LogP contribution is 2.29. The van der Waals surface area contributed by atoms with E-state index >= 15 is 0 Å². The Hall–Kier alpha value is -3.80. The van der Waals surface area contributed by atoms with Crippen molar-refractivity contribution >= 4 is 29.1 Å². The molecule has 2 aliphatic rings. The Labute approximate surface area is 242 Å². The second kappa shape index (κ2) is 12.8. The number of ether oxygens (including phenoxy) is 3. The Morgan fingerprint density at radius 1 is 1.24 bits per heavy atom. The molecule has 5 rings (SSSR count). The minimum Gasteiger partial charge on any atom is -0.477 e. The van der Waals surface area contributed by atoms with Gasteiger partial charge in [0.15, 0.2) is 17.4 Å². The van der Waals surface area contributed by atoms with E-state index in [1.54, 1.807) is 24.3 Å². The first-order valence-electron chi connectivity index (χ1n) is 13.4. The molecule has 0 bridgehead atoms. The Bertz CT molecular complexity index is 1450. The molecule has 12 heteroatoms. The maximum absolute atomic E-state index is 14.1. The highest BCUT2D eigenvalue weighted by molar-refractivity contribution is 6.40. The van der Waals surface area contributed by atoms with Gasteiger partial charge in [-0.05, 0) is 50.5 Å². The van der Waals surface area contributed by atoms with Crippen molar-refractivity contribution in [2.45, 2.75) is 51.5 Å². The summed E-state index contributed by atoms with van der Waals surface area (Å²) >= 11 is 5.81. The van der Waals surface area contributed by atoms with Gasteiger partial charge in [-0.15, -0.1) is 0 Å². The molecule has 4 heterocycles. The lowest BCUT2D eigenvalue weighted by molar-refractivity contribution is -0.129. The number of aromatic nitrogens is 3. The summed E-state index contributed by atoms with van der Waals surface area (Å²) in [4.78, 5) is 27.3. The van der Waals surface area contributed by atoms with E-state index in [9.17, 15) is 14.3 Å². The van der Waals surface area contributed by atoms with E-state index in [-0.39, 0.29) is 34.6 Å². The van der Waals surface area contributed by atoms with Crippen molar-refractivity contribution in [1.82, 2.24) is 19.4 Å². The molecule has 2 saturated heterocycles. The van der Waals surface area contributed by atoms with E-state index in [0.29, 0.717) is 37.1 Å². The number of rotatable bonds is 11. The summed E-state index contributed by atoms with van der Waals surface area (Å²) in [6, 6.07) is 9.31. The zero-order chi connectivity index (χ0) is 28.9. The molecule has 2 aliphatic heterocycles. The molecule has 216 valence electrons. The van der Waals surface area contributed by atoms with Crippen molar-refractivity contribution in [2.24, 2.45) is 4.99 Å². The van der Waals surface area contributed by atoms with E-state index in [2.05, 4.69) is 21.5 Å². The third-order valence-electron chi connectivity index (χ3n) is 7.00. The number of hydrogen-bond acceptors (Lipinski definition) is 8. The molecular weight excluding hydrogens is 553 g/mol. The smallest absolute Gasteiger partial charge is 0.354 e. The SMILES string of the molecule is C=C/C(=N\c1c(C)nc(CN2CCC(Oc3cccc(Oc4ccc(Cl)cc4F)n3)CC2)n1C[C@@H]1CCO1)C(=O)O. The molecule has 41 heavy (non-hydrogen) atoms. The number of benzene rings is 1. The maximum Gasteiger partial charge on any atom is 0.354 e. The van der Waals surface area contributed by atoms with Crippen LogP contribution in [0.5, 0.6) is 17.5 Å². The number of carboxylic acid groups (broad SMARTS) is 1. The number of pyridine rings is 1. The van der Waals surface area contributed by atoms with Crippen LogP contribution < -0.4 is 9.47 Å². The van der Waals surface area contributed by atoms with Crippen LogP contribution in [-0.4, -0.2) is 68.1 Å². The van der Waals surface area contributed by atoms with Gasteiger partial charge in [-0.1, -0.05) is 24.2 Å². The first-order chi connectivity index (χ1) is 19.8. The molecule has 0 radical (unpaired) electrons. The number of aliphatic carboxylic acids is 1. The number of nitrogens with zero attached hydrogens (tertiary/aromatic N) is 5. The molecule has 2 aromatic heterocycles. The van der Waals surface area contributed by atoms with Gasteiger partial charge in [-0.2, -0.15) is 4.98 Å². The van der Waals surface area contributed by atoms with Gasteiger partial charge in [-0.25, -0.2) is 19.2 Å². The van der Waals surface area contributed by atoms with Crippen molar-refractivity contribution < 1.29 is 28.5 Å². The predicted molar refractivity (Wildman–Crippen MR) is 151 cm³/mol. The molecule has 0 spiro atoms. The molecular formula is C29H31ClFN5O5. The lowest BCUT2D eigenvalue weighted by Gasteiger charge is -2.32. The average Bonchev–Trinajstić information content (AvgIpc) is 3.20. The van der Waals surface area contributed by atoms with Gasteiger partial charge in [-0.3, -0.25) is 4.90 Å². The van der Waals surface area contributed by atoms with Gasteiger partial charge in [0.1, 0.15) is 17.6 Å². The fraction of sp³-hybridized carbons (Fsp3) is 0.379. The quantitative estimate of drug-likeness (QED) is 0.301. The molecule has 0 saturated carbocycles. The summed E-state index contributed by atoms with van der Waals surface area (Å²) in [6.07, 6.45) is 3.72. The van der Waals surface area contributed by atoms with Crippen LogP contribution in [0.4, 0.5) is 10.2 Å². The van der Waals surface area contributed by atoms with Crippen molar-refractivity contribution in [2.75, 3.05) is 19.7 Å². The fourth-order valence-electron chi connectivity index (χ4n) is 4.75. The highest BCUT2D eigenvalue weighted by Gasteiger charge is 2.27. The summed E-state index contributed by atoms with van der Waals surface area (Å²) in [6.45, 7) is 8.81. The zero-order valence-electron chi connectivity index (χ0n) is 22.6. The Morgan fingerprint density at radius 3 is 2.66 bits per heavy atom. The lowest BCUT2D eigenvalue weighted by Crippen LogP contribution is -2.39. The Balaban J connectivity index is 1.22. The minimum atomic E-state index is -1.14. The third-order valence-corrected chi connectivity index (χ3v) is 7.23. The predicted octanol–water partition coefficient (Wildman–Crippen LogP) is 5.35. The number of piperidine rings is 1. The van der Waals surface area contributed by atoms with Gasteiger partial charge in [0, 0.05) is 36.9 Å². The molecule has 0 amide bonds. The van der Waals surface area contributed by atoms with Crippen LogP contribution in [0.25, 0.3) is 0 Å². The number of halogens is 2. The molecule has 1 atom stereocenters. The molecule has 2 fully saturated rings. The number of aliphatic imine (C=N–C) groups is 1. The van der Waals surface area contributed by atoms with Crippen molar-refractivity contribution in [3.05, 3.63) is 71.4 Å². The largest absolute Gasteiger partial charge is 0.477 e. The van der Waals surface area contributed by atoms with E-state index in [0.717, 1.165) is 38.2 Å². The number of likely N-dealkylation sites (tertiary alicyclic amines) is 1. The minimum absolute atomic E-state index is 0.0300. The van der Waals surface area contributed by atoms with E-state index in [1.165, 1.54) is 18.2 Å². The molecule has 10 nitrogen and oxygen atoms in total. The van der Waals surface area contributed by atoms with Gasteiger partial charge >= 0.3 is 5.97 Å². The molecule has 0 unspecified atom stereocenters. The zero-order valence-corrected chi connectivity index (χ0v) is 23.4. The van der Waals surface area contributed by atoms with Crippen LogP contribution >= 0.6 is 11.6 Å². The second-order valence-corrected chi connectivity index (χ2v) is 10.4. The number of aryl methyl sites for hydroxylation is 1. The third kappa shape index (κ3) is 7.10. The Kier molecular flexibility index (Phi) is 8.96. The maximum atomic E-state index is 14.1. The summed E-state index contributed by atoms with van der Waals surface area (Å²) in [7, 11) is 0. The molecule has 1 N–H and O–H groups in total. The summed E-state index contributed by atoms with van der Waals surface area (Å²) in [5, 5.41) is 9.73. The van der Waals surface area contributed by atoms with Crippen LogP contribution in [0.2, 0.25) is 5.02 Å². The van der Waals surface area contributed by atoms with Gasteiger partial charge in [0.05, 0.1) is 24.9 Å². The number of hydrogen-bond donors (Lipinski definition) is 1. The van der Waals surface area contributed by atoms with Crippen molar-refractivity contribution in [3.8, 4) is 17.5 Å². The molecule has 1 aromatic carbocycles. The Morgan fingerprint density at radius 2 is 2.00 bits per heavy atom. The number of carbonyl (C=O) groups is 1. The van der Waals surface area contributed by atoms with Crippen molar-refractivity contribution in [3.63, 3.8) is 0 Å². The molecule has 0 aliphatic carbocycles.